The number of para-hydroxylation sites is 2. The highest BCUT2D eigenvalue weighted by molar-refractivity contribution is 7.13. The number of hydrogen-bond donors (Lipinski definition) is 2. The standard InChI is InChI=1S/C18H13ClN4OS/c19-12-7-5-11(6-8-12)17-20-13(10-25-17)9-16(24)23-18-21-14-3-1-2-4-15(14)22-18/h1-8,10H,9H2,(H2,21,22,23,24). The predicted octanol–water partition coefficient (Wildman–Crippen LogP) is 4.52. The number of H-pyrrole nitrogens is 1. The number of anilines is 1. The number of imidazole rings is 1. The van der Waals surface area contributed by atoms with Crippen LogP contribution in [0.5, 0.6) is 0 Å². The van der Waals surface area contributed by atoms with E-state index in [1.54, 1.807) is 0 Å². The molecule has 0 spiro atoms. The lowest BCUT2D eigenvalue weighted by atomic mass is 10.2. The van der Waals surface area contributed by atoms with Gasteiger partial charge in [0.25, 0.3) is 0 Å². The molecule has 0 bridgehead atoms. The molecule has 0 aliphatic rings. The van der Waals surface area contributed by atoms with Crippen LogP contribution in [-0.2, 0) is 11.2 Å². The molecule has 7 heteroatoms. The fraction of sp³-hybridized carbons (Fsp3) is 0.0556. The Kier molecular flexibility index (Phi) is 4.21. The summed E-state index contributed by atoms with van der Waals surface area (Å²) in [5.74, 6) is 0.284. The summed E-state index contributed by atoms with van der Waals surface area (Å²) >= 11 is 7.40. The number of amides is 1. The van der Waals surface area contributed by atoms with Crippen molar-refractivity contribution in [1.82, 2.24) is 15.0 Å². The van der Waals surface area contributed by atoms with Crippen molar-refractivity contribution in [2.24, 2.45) is 0 Å². The van der Waals surface area contributed by atoms with Gasteiger partial charge in [0, 0.05) is 16.0 Å². The SMILES string of the molecule is O=C(Cc1csc(-c2ccc(Cl)cc2)n1)Nc1nc2ccccc2[nH]1. The molecule has 2 heterocycles. The van der Waals surface area contributed by atoms with E-state index in [9.17, 15) is 4.79 Å². The largest absolute Gasteiger partial charge is 0.324 e. The van der Waals surface area contributed by atoms with Gasteiger partial charge < -0.3 is 4.98 Å². The summed E-state index contributed by atoms with van der Waals surface area (Å²) in [5, 5.41) is 6.22. The smallest absolute Gasteiger partial charge is 0.232 e. The number of carbonyl (C=O) groups is 1. The third kappa shape index (κ3) is 3.55. The zero-order chi connectivity index (χ0) is 17.2. The molecule has 4 rings (SSSR count). The minimum absolute atomic E-state index is 0.160. The van der Waals surface area contributed by atoms with Crippen molar-refractivity contribution in [1.29, 1.82) is 0 Å². The first kappa shape index (κ1) is 15.8. The zero-order valence-corrected chi connectivity index (χ0v) is 14.6. The number of carbonyl (C=O) groups excluding carboxylic acids is 1. The van der Waals surface area contributed by atoms with Crippen molar-refractivity contribution < 1.29 is 4.79 Å². The Morgan fingerprint density at radius 3 is 2.72 bits per heavy atom. The maximum absolute atomic E-state index is 12.2. The van der Waals surface area contributed by atoms with Gasteiger partial charge in [-0.3, -0.25) is 10.1 Å². The van der Waals surface area contributed by atoms with Crippen LogP contribution in [0.2, 0.25) is 5.02 Å². The second-order valence-electron chi connectivity index (χ2n) is 5.48. The van der Waals surface area contributed by atoms with Crippen LogP contribution < -0.4 is 5.32 Å². The van der Waals surface area contributed by atoms with Crippen LogP contribution in [0.4, 0.5) is 5.95 Å². The Bertz CT molecular complexity index is 1010. The Balaban J connectivity index is 1.45. The molecular formula is C18H13ClN4OS. The highest BCUT2D eigenvalue weighted by Crippen LogP contribution is 2.25. The van der Waals surface area contributed by atoms with Crippen LogP contribution in [0.25, 0.3) is 21.6 Å². The van der Waals surface area contributed by atoms with Gasteiger partial charge in [-0.2, -0.15) is 0 Å². The lowest BCUT2D eigenvalue weighted by molar-refractivity contribution is -0.115. The lowest BCUT2D eigenvalue weighted by Gasteiger charge is -1.99. The number of fused-ring (bicyclic) bond motifs is 1. The molecule has 25 heavy (non-hydrogen) atoms. The summed E-state index contributed by atoms with van der Waals surface area (Å²) < 4.78 is 0. The topological polar surface area (TPSA) is 70.7 Å². The van der Waals surface area contributed by atoms with Gasteiger partial charge in [-0.15, -0.1) is 11.3 Å². The van der Waals surface area contributed by atoms with Crippen LogP contribution in [0.15, 0.2) is 53.9 Å². The minimum atomic E-state index is -0.160. The first-order valence-electron chi connectivity index (χ1n) is 7.62. The van der Waals surface area contributed by atoms with Crippen molar-refractivity contribution in [3.63, 3.8) is 0 Å². The lowest BCUT2D eigenvalue weighted by Crippen LogP contribution is -2.15. The van der Waals surface area contributed by atoms with Crippen LogP contribution in [0.1, 0.15) is 5.69 Å². The molecule has 0 atom stereocenters. The first-order chi connectivity index (χ1) is 12.2. The summed E-state index contributed by atoms with van der Waals surface area (Å²) in [6.45, 7) is 0. The molecule has 2 aromatic carbocycles. The molecule has 0 aliphatic carbocycles. The molecule has 0 unspecified atom stereocenters. The summed E-state index contributed by atoms with van der Waals surface area (Å²) in [6.07, 6.45) is 0.196. The van der Waals surface area contributed by atoms with Gasteiger partial charge in [-0.05, 0) is 24.3 Å². The number of aromatic nitrogens is 3. The van der Waals surface area contributed by atoms with E-state index < -0.39 is 0 Å². The molecule has 0 saturated carbocycles. The quantitative estimate of drug-likeness (QED) is 0.556. The summed E-state index contributed by atoms with van der Waals surface area (Å²) in [7, 11) is 0. The second kappa shape index (κ2) is 6.66. The van der Waals surface area contributed by atoms with Gasteiger partial charge in [-0.1, -0.05) is 35.9 Å². The van der Waals surface area contributed by atoms with Crippen LogP contribution in [0.3, 0.4) is 0 Å². The van der Waals surface area contributed by atoms with Gasteiger partial charge in [0.15, 0.2) is 0 Å². The van der Waals surface area contributed by atoms with E-state index in [0.717, 1.165) is 27.3 Å². The van der Waals surface area contributed by atoms with Crippen molar-refractivity contribution in [3.8, 4) is 10.6 Å². The molecule has 124 valence electrons. The molecule has 0 fully saturated rings. The van der Waals surface area contributed by atoms with E-state index in [-0.39, 0.29) is 12.3 Å². The molecule has 0 radical (unpaired) electrons. The molecule has 0 aliphatic heterocycles. The van der Waals surface area contributed by atoms with Crippen LogP contribution in [0, 0.1) is 0 Å². The molecule has 5 nitrogen and oxygen atoms in total. The average molecular weight is 369 g/mol. The number of halogens is 1. The number of aromatic amines is 1. The summed E-state index contributed by atoms with van der Waals surface area (Å²) in [5.41, 5.74) is 3.41. The zero-order valence-electron chi connectivity index (χ0n) is 13.0. The van der Waals surface area contributed by atoms with Crippen molar-refractivity contribution >= 4 is 45.8 Å². The van der Waals surface area contributed by atoms with Crippen molar-refractivity contribution in [2.45, 2.75) is 6.42 Å². The highest BCUT2D eigenvalue weighted by atomic mass is 35.5. The third-order valence-corrected chi connectivity index (χ3v) is 4.82. The molecule has 4 aromatic rings. The molecule has 2 N–H and O–H groups in total. The van der Waals surface area contributed by atoms with E-state index in [2.05, 4.69) is 20.3 Å². The Morgan fingerprint density at radius 2 is 1.92 bits per heavy atom. The van der Waals surface area contributed by atoms with E-state index in [4.69, 9.17) is 11.6 Å². The number of nitrogens with zero attached hydrogens (tertiary/aromatic N) is 2. The minimum Gasteiger partial charge on any atom is -0.324 e. The number of nitrogens with one attached hydrogen (secondary N) is 2. The second-order valence-corrected chi connectivity index (χ2v) is 6.77. The van der Waals surface area contributed by atoms with Crippen LogP contribution >= 0.6 is 22.9 Å². The van der Waals surface area contributed by atoms with E-state index >= 15 is 0 Å². The number of hydrogen-bond acceptors (Lipinski definition) is 4. The number of thiazole rings is 1. The van der Waals surface area contributed by atoms with Gasteiger partial charge in [0.1, 0.15) is 5.01 Å². The fourth-order valence-corrected chi connectivity index (χ4v) is 3.42. The van der Waals surface area contributed by atoms with E-state index in [1.165, 1.54) is 11.3 Å². The third-order valence-electron chi connectivity index (χ3n) is 3.63. The summed E-state index contributed by atoms with van der Waals surface area (Å²) in [6, 6.07) is 15.1. The Morgan fingerprint density at radius 1 is 1.12 bits per heavy atom. The summed E-state index contributed by atoms with van der Waals surface area (Å²) in [4.78, 5) is 24.2. The predicted molar refractivity (Wildman–Crippen MR) is 101 cm³/mol. The van der Waals surface area contributed by atoms with E-state index in [0.29, 0.717) is 11.0 Å². The molecule has 2 aromatic heterocycles. The van der Waals surface area contributed by atoms with Gasteiger partial charge in [0.05, 0.1) is 23.1 Å². The van der Waals surface area contributed by atoms with Crippen LogP contribution in [-0.4, -0.2) is 20.9 Å². The molecular weight excluding hydrogens is 356 g/mol. The number of benzene rings is 2. The average Bonchev–Trinajstić information content (AvgIpc) is 3.21. The van der Waals surface area contributed by atoms with Crippen molar-refractivity contribution in [2.75, 3.05) is 5.32 Å². The van der Waals surface area contributed by atoms with Gasteiger partial charge >= 0.3 is 0 Å². The van der Waals surface area contributed by atoms with Crippen molar-refractivity contribution in [3.05, 3.63) is 64.6 Å². The fourth-order valence-electron chi connectivity index (χ4n) is 2.47. The first-order valence-corrected chi connectivity index (χ1v) is 8.88. The molecule has 1 amide bonds. The van der Waals surface area contributed by atoms with E-state index in [1.807, 2.05) is 53.9 Å². The normalized spacial score (nSPS) is 10.9. The number of rotatable bonds is 4. The Hall–Kier alpha value is -2.70. The maximum Gasteiger partial charge on any atom is 0.232 e. The molecule has 0 saturated heterocycles. The highest BCUT2D eigenvalue weighted by Gasteiger charge is 2.11. The Labute approximate surface area is 152 Å². The monoisotopic (exact) mass is 368 g/mol. The van der Waals surface area contributed by atoms with Gasteiger partial charge in [0.2, 0.25) is 11.9 Å². The van der Waals surface area contributed by atoms with Gasteiger partial charge in [-0.25, -0.2) is 9.97 Å². The maximum atomic E-state index is 12.2.